The molecule has 0 saturated heterocycles. The Hall–Kier alpha value is -3.16. The van der Waals surface area contributed by atoms with Crippen molar-refractivity contribution in [2.45, 2.75) is 0 Å². The number of rotatable bonds is 8. The van der Waals surface area contributed by atoms with Gasteiger partial charge in [-0.1, -0.05) is 24.3 Å². The lowest BCUT2D eigenvalue weighted by molar-refractivity contribution is -0.120. The van der Waals surface area contributed by atoms with Gasteiger partial charge in [0.25, 0.3) is 0 Å². The van der Waals surface area contributed by atoms with E-state index in [-0.39, 0.29) is 12.5 Å². The Labute approximate surface area is 166 Å². The van der Waals surface area contributed by atoms with E-state index in [1.807, 2.05) is 66.0 Å². The summed E-state index contributed by atoms with van der Waals surface area (Å²) >= 11 is 1.63. The van der Waals surface area contributed by atoms with Crippen LogP contribution in [0.25, 0.3) is 21.7 Å². The number of carbonyl (C=O) groups excluding carboxylic acids is 1. The first-order chi connectivity index (χ1) is 13.8. The SMILES string of the molecule is O=C(COCCOc1ccccc1)Nc1ccc2nc(-c3cccs3)[nH]c2c1. The summed E-state index contributed by atoms with van der Waals surface area (Å²) in [7, 11) is 0. The number of hydrogen-bond acceptors (Lipinski definition) is 5. The van der Waals surface area contributed by atoms with Crippen molar-refractivity contribution in [1.29, 1.82) is 0 Å². The van der Waals surface area contributed by atoms with Crippen molar-refractivity contribution in [2.24, 2.45) is 0 Å². The third kappa shape index (κ3) is 4.57. The highest BCUT2D eigenvalue weighted by Crippen LogP contribution is 2.25. The molecule has 1 amide bonds. The number of imidazole rings is 1. The molecular formula is C21H19N3O3S. The van der Waals surface area contributed by atoms with E-state index >= 15 is 0 Å². The summed E-state index contributed by atoms with van der Waals surface area (Å²) in [4.78, 5) is 21.0. The highest BCUT2D eigenvalue weighted by molar-refractivity contribution is 7.13. The lowest BCUT2D eigenvalue weighted by Gasteiger charge is -2.08. The van der Waals surface area contributed by atoms with Gasteiger partial charge >= 0.3 is 0 Å². The number of aromatic amines is 1. The molecule has 0 aliphatic rings. The number of amides is 1. The lowest BCUT2D eigenvalue weighted by Crippen LogP contribution is -2.20. The fourth-order valence-electron chi connectivity index (χ4n) is 2.71. The van der Waals surface area contributed by atoms with Crippen molar-refractivity contribution >= 4 is 34.0 Å². The molecule has 142 valence electrons. The first-order valence-electron chi connectivity index (χ1n) is 8.87. The molecule has 4 aromatic rings. The Kier molecular flexibility index (Phi) is 5.65. The zero-order chi connectivity index (χ0) is 19.2. The van der Waals surface area contributed by atoms with Crippen LogP contribution in [0.1, 0.15) is 0 Å². The summed E-state index contributed by atoms with van der Waals surface area (Å²) in [5.74, 6) is 1.40. The first-order valence-corrected chi connectivity index (χ1v) is 9.75. The van der Waals surface area contributed by atoms with Gasteiger partial charge in [-0.15, -0.1) is 11.3 Å². The Balaban J connectivity index is 1.26. The van der Waals surface area contributed by atoms with Crippen LogP contribution in [0.3, 0.4) is 0 Å². The minimum Gasteiger partial charge on any atom is -0.491 e. The maximum absolute atomic E-state index is 12.1. The Morgan fingerprint density at radius 3 is 2.79 bits per heavy atom. The van der Waals surface area contributed by atoms with Crippen LogP contribution in [0.2, 0.25) is 0 Å². The second-order valence-electron chi connectivity index (χ2n) is 6.06. The van der Waals surface area contributed by atoms with E-state index in [0.29, 0.717) is 18.9 Å². The molecule has 0 spiro atoms. The van der Waals surface area contributed by atoms with E-state index in [1.165, 1.54) is 0 Å². The quantitative estimate of drug-likeness (QED) is 0.437. The largest absolute Gasteiger partial charge is 0.491 e. The number of anilines is 1. The van der Waals surface area contributed by atoms with Gasteiger partial charge in [0.05, 0.1) is 22.5 Å². The summed E-state index contributed by atoms with van der Waals surface area (Å²) in [6.45, 7) is 0.703. The van der Waals surface area contributed by atoms with E-state index < -0.39 is 0 Å². The third-order valence-corrected chi connectivity index (χ3v) is 4.87. The predicted octanol–water partition coefficient (Wildman–Crippen LogP) is 4.33. The average molecular weight is 393 g/mol. The van der Waals surface area contributed by atoms with Crippen molar-refractivity contribution in [2.75, 3.05) is 25.1 Å². The molecule has 0 fully saturated rings. The standard InChI is InChI=1S/C21H19N3O3S/c25-20(14-26-10-11-27-16-5-2-1-3-6-16)22-15-8-9-17-18(13-15)24-21(23-17)19-7-4-12-28-19/h1-9,12-13H,10-11,14H2,(H,22,25)(H,23,24). The van der Waals surface area contributed by atoms with Crippen LogP contribution >= 0.6 is 11.3 Å². The molecule has 0 radical (unpaired) electrons. The van der Waals surface area contributed by atoms with Crippen molar-refractivity contribution in [3.05, 3.63) is 66.0 Å². The first kappa shape index (κ1) is 18.2. The zero-order valence-electron chi connectivity index (χ0n) is 15.1. The molecule has 6 nitrogen and oxygen atoms in total. The minimum atomic E-state index is -0.211. The molecule has 4 rings (SSSR count). The van der Waals surface area contributed by atoms with Gasteiger partial charge in [-0.05, 0) is 41.8 Å². The van der Waals surface area contributed by atoms with Gasteiger partial charge in [0.2, 0.25) is 5.91 Å². The van der Waals surface area contributed by atoms with Gasteiger partial charge in [0.1, 0.15) is 24.8 Å². The number of aromatic nitrogens is 2. The lowest BCUT2D eigenvalue weighted by atomic mass is 10.3. The van der Waals surface area contributed by atoms with Crippen LogP contribution < -0.4 is 10.1 Å². The molecule has 7 heteroatoms. The number of ether oxygens (including phenoxy) is 2. The van der Waals surface area contributed by atoms with Crippen molar-refractivity contribution in [3.63, 3.8) is 0 Å². The van der Waals surface area contributed by atoms with Gasteiger partial charge in [0, 0.05) is 5.69 Å². The van der Waals surface area contributed by atoms with Gasteiger partial charge in [-0.25, -0.2) is 4.98 Å². The van der Waals surface area contributed by atoms with Gasteiger partial charge in [0.15, 0.2) is 0 Å². The number of fused-ring (bicyclic) bond motifs is 1. The summed E-state index contributed by atoms with van der Waals surface area (Å²) in [5.41, 5.74) is 2.43. The second kappa shape index (κ2) is 8.69. The Morgan fingerprint density at radius 1 is 1.07 bits per heavy atom. The van der Waals surface area contributed by atoms with Gasteiger partial charge in [-0.2, -0.15) is 0 Å². The second-order valence-corrected chi connectivity index (χ2v) is 7.00. The average Bonchev–Trinajstić information content (AvgIpc) is 3.38. The summed E-state index contributed by atoms with van der Waals surface area (Å²) < 4.78 is 10.9. The highest BCUT2D eigenvalue weighted by Gasteiger charge is 2.08. The Bertz CT molecular complexity index is 1050. The van der Waals surface area contributed by atoms with E-state index in [1.54, 1.807) is 11.3 Å². The maximum Gasteiger partial charge on any atom is 0.250 e. The molecule has 28 heavy (non-hydrogen) atoms. The predicted molar refractivity (Wildman–Crippen MR) is 111 cm³/mol. The number of carbonyl (C=O) groups is 1. The molecule has 0 bridgehead atoms. The number of H-pyrrole nitrogens is 1. The topological polar surface area (TPSA) is 76.2 Å². The van der Waals surface area contributed by atoms with E-state index in [2.05, 4.69) is 15.3 Å². The fraction of sp³-hybridized carbons (Fsp3) is 0.143. The van der Waals surface area contributed by atoms with E-state index in [9.17, 15) is 4.79 Å². The monoisotopic (exact) mass is 393 g/mol. The summed E-state index contributed by atoms with van der Waals surface area (Å²) in [6, 6.07) is 19.1. The number of nitrogens with zero attached hydrogens (tertiary/aromatic N) is 1. The smallest absolute Gasteiger partial charge is 0.250 e. The molecule has 0 saturated carbocycles. The fourth-order valence-corrected chi connectivity index (χ4v) is 3.38. The normalized spacial score (nSPS) is 10.9. The highest BCUT2D eigenvalue weighted by atomic mass is 32.1. The third-order valence-electron chi connectivity index (χ3n) is 3.99. The molecular weight excluding hydrogens is 374 g/mol. The number of hydrogen-bond donors (Lipinski definition) is 2. The van der Waals surface area contributed by atoms with Crippen molar-refractivity contribution in [1.82, 2.24) is 9.97 Å². The van der Waals surface area contributed by atoms with E-state index in [0.717, 1.165) is 27.5 Å². The zero-order valence-corrected chi connectivity index (χ0v) is 15.9. The summed E-state index contributed by atoms with van der Waals surface area (Å²) in [5, 5.41) is 4.85. The van der Waals surface area contributed by atoms with Crippen molar-refractivity contribution < 1.29 is 14.3 Å². The van der Waals surface area contributed by atoms with Crippen molar-refractivity contribution in [3.8, 4) is 16.5 Å². The number of benzene rings is 2. The van der Waals surface area contributed by atoms with E-state index in [4.69, 9.17) is 9.47 Å². The molecule has 2 N–H and O–H groups in total. The van der Waals surface area contributed by atoms with Gasteiger partial charge in [-0.3, -0.25) is 4.79 Å². The number of para-hydroxylation sites is 1. The molecule has 0 aliphatic heterocycles. The number of nitrogens with one attached hydrogen (secondary N) is 2. The van der Waals surface area contributed by atoms with Crippen LogP contribution in [0.4, 0.5) is 5.69 Å². The molecule has 2 aromatic heterocycles. The minimum absolute atomic E-state index is 0.0282. The molecule has 0 aliphatic carbocycles. The molecule has 0 unspecified atom stereocenters. The van der Waals surface area contributed by atoms with Crippen LogP contribution in [-0.4, -0.2) is 35.7 Å². The Morgan fingerprint density at radius 2 is 1.96 bits per heavy atom. The molecule has 2 heterocycles. The van der Waals surface area contributed by atoms with Crippen LogP contribution in [0.15, 0.2) is 66.0 Å². The molecule has 2 aromatic carbocycles. The van der Waals surface area contributed by atoms with Crippen LogP contribution in [0, 0.1) is 0 Å². The molecule has 0 atom stereocenters. The maximum atomic E-state index is 12.1. The summed E-state index contributed by atoms with van der Waals surface area (Å²) in [6.07, 6.45) is 0. The van der Waals surface area contributed by atoms with Crippen LogP contribution in [0.5, 0.6) is 5.75 Å². The number of thiophene rings is 1. The van der Waals surface area contributed by atoms with Crippen LogP contribution in [-0.2, 0) is 9.53 Å². The van der Waals surface area contributed by atoms with Gasteiger partial charge < -0.3 is 19.8 Å².